The first-order chi connectivity index (χ1) is 12.8. The van der Waals surface area contributed by atoms with E-state index in [1.165, 1.54) is 0 Å². The van der Waals surface area contributed by atoms with Crippen molar-refractivity contribution in [2.45, 2.75) is 33.7 Å². The van der Waals surface area contributed by atoms with Gasteiger partial charge in [-0.2, -0.15) is 0 Å². The van der Waals surface area contributed by atoms with Crippen LogP contribution in [0.4, 0.5) is 5.69 Å². The van der Waals surface area contributed by atoms with Crippen molar-refractivity contribution in [3.63, 3.8) is 0 Å². The number of carbonyl (C=O) groups excluding carboxylic acids is 2. The summed E-state index contributed by atoms with van der Waals surface area (Å²) in [4.78, 5) is 29.7. The monoisotopic (exact) mass is 384 g/mol. The molecule has 0 bridgehead atoms. The maximum atomic E-state index is 12.9. The highest BCUT2D eigenvalue weighted by Crippen LogP contribution is 2.28. The first-order valence-electron chi connectivity index (χ1n) is 8.64. The van der Waals surface area contributed by atoms with E-state index >= 15 is 0 Å². The quantitative estimate of drug-likeness (QED) is 0.714. The van der Waals surface area contributed by atoms with Crippen molar-refractivity contribution >= 4 is 34.6 Å². The number of fused-ring (bicyclic) bond motifs is 1. The number of hydrogen-bond donors (Lipinski definition) is 2. The summed E-state index contributed by atoms with van der Waals surface area (Å²) in [5.41, 5.74) is 3.12. The van der Waals surface area contributed by atoms with Gasteiger partial charge in [0.15, 0.2) is 5.69 Å². The van der Waals surface area contributed by atoms with Crippen molar-refractivity contribution in [3.05, 3.63) is 64.2 Å². The van der Waals surface area contributed by atoms with E-state index in [-0.39, 0.29) is 23.5 Å². The predicted octanol–water partition coefficient (Wildman–Crippen LogP) is 4.00. The molecule has 0 spiro atoms. The molecule has 0 radical (unpaired) electrons. The molecule has 0 aliphatic rings. The molecule has 0 fully saturated rings. The number of aryl methyl sites for hydroxylation is 2. The Balaban J connectivity index is 2.02. The minimum Gasteiger partial charge on any atom is -0.347 e. The van der Waals surface area contributed by atoms with Crippen molar-refractivity contribution in [3.8, 4) is 0 Å². The predicted molar refractivity (Wildman–Crippen MR) is 107 cm³/mol. The van der Waals surface area contributed by atoms with Gasteiger partial charge in [0.05, 0.1) is 16.2 Å². The van der Waals surface area contributed by atoms with Crippen molar-refractivity contribution in [1.82, 2.24) is 14.7 Å². The Kier molecular flexibility index (Phi) is 5.19. The molecule has 0 atom stereocenters. The van der Waals surface area contributed by atoms with Gasteiger partial charge in [-0.25, -0.2) is 4.98 Å². The summed E-state index contributed by atoms with van der Waals surface area (Å²) in [6.07, 6.45) is 1.71. The molecule has 3 rings (SSSR count). The highest BCUT2D eigenvalue weighted by molar-refractivity contribution is 6.34. The number of benzene rings is 1. The summed E-state index contributed by atoms with van der Waals surface area (Å²) >= 11 is 6.29. The Morgan fingerprint density at radius 2 is 1.89 bits per heavy atom. The van der Waals surface area contributed by atoms with Crippen molar-refractivity contribution in [2.24, 2.45) is 0 Å². The second-order valence-corrected chi connectivity index (χ2v) is 7.17. The third-order valence-corrected chi connectivity index (χ3v) is 4.35. The summed E-state index contributed by atoms with van der Waals surface area (Å²) in [5, 5.41) is 6.09. The molecule has 2 aromatic heterocycles. The largest absolute Gasteiger partial charge is 0.347 e. The van der Waals surface area contributed by atoms with Crippen LogP contribution in [-0.4, -0.2) is 27.2 Å². The first kappa shape index (κ1) is 18.9. The fourth-order valence-electron chi connectivity index (χ4n) is 2.94. The Labute approximate surface area is 162 Å². The third-order valence-electron chi connectivity index (χ3n) is 4.06. The molecule has 2 heterocycles. The van der Waals surface area contributed by atoms with Crippen LogP contribution in [-0.2, 0) is 0 Å². The number of rotatable bonds is 4. The number of nitrogens with one attached hydrogen (secondary N) is 2. The number of aromatic nitrogens is 2. The lowest BCUT2D eigenvalue weighted by Gasteiger charge is -2.10. The van der Waals surface area contributed by atoms with Crippen LogP contribution in [0.2, 0.25) is 5.02 Å². The Bertz CT molecular complexity index is 1020. The number of pyridine rings is 1. The van der Waals surface area contributed by atoms with Crippen LogP contribution in [0, 0.1) is 13.8 Å². The fourth-order valence-corrected chi connectivity index (χ4v) is 3.31. The van der Waals surface area contributed by atoms with Crippen LogP contribution in [0.5, 0.6) is 0 Å². The van der Waals surface area contributed by atoms with E-state index in [2.05, 4.69) is 15.6 Å². The maximum absolute atomic E-state index is 12.9. The highest BCUT2D eigenvalue weighted by Gasteiger charge is 2.22. The van der Waals surface area contributed by atoms with E-state index in [1.807, 2.05) is 33.8 Å². The lowest BCUT2D eigenvalue weighted by molar-refractivity contribution is 0.0932. The SMILES string of the molecule is Cc1cc(C)c(NC(=O)c2nc(C(=O)NC(C)C)n3ccccc23)c(Cl)c1. The molecule has 7 heteroatoms. The number of imidazole rings is 1. The molecule has 6 nitrogen and oxygen atoms in total. The van der Waals surface area contributed by atoms with Gasteiger partial charge in [0.2, 0.25) is 5.82 Å². The number of amides is 2. The van der Waals surface area contributed by atoms with Crippen LogP contribution in [0.15, 0.2) is 36.5 Å². The molecular formula is C20H21ClN4O2. The van der Waals surface area contributed by atoms with E-state index < -0.39 is 5.91 Å². The number of hydrogen-bond acceptors (Lipinski definition) is 3. The molecule has 27 heavy (non-hydrogen) atoms. The first-order valence-corrected chi connectivity index (χ1v) is 9.01. The average Bonchev–Trinajstić information content (AvgIpc) is 2.97. The van der Waals surface area contributed by atoms with E-state index in [1.54, 1.807) is 34.9 Å². The molecule has 0 aliphatic carbocycles. The van der Waals surface area contributed by atoms with Crippen LogP contribution < -0.4 is 10.6 Å². The summed E-state index contributed by atoms with van der Waals surface area (Å²) in [6.45, 7) is 7.54. The van der Waals surface area contributed by atoms with Gasteiger partial charge in [0, 0.05) is 12.2 Å². The van der Waals surface area contributed by atoms with Gasteiger partial charge in [-0.15, -0.1) is 0 Å². The lowest BCUT2D eigenvalue weighted by Crippen LogP contribution is -2.31. The van der Waals surface area contributed by atoms with Gasteiger partial charge in [0.1, 0.15) is 0 Å². The van der Waals surface area contributed by atoms with Crippen LogP contribution in [0.25, 0.3) is 5.52 Å². The molecule has 1 aromatic carbocycles. The molecule has 2 amide bonds. The third kappa shape index (κ3) is 3.80. The Hall–Kier alpha value is -2.86. The zero-order chi connectivity index (χ0) is 19.7. The van der Waals surface area contributed by atoms with Gasteiger partial charge in [0.25, 0.3) is 11.8 Å². The topological polar surface area (TPSA) is 75.5 Å². The van der Waals surface area contributed by atoms with Gasteiger partial charge >= 0.3 is 0 Å². The minimum absolute atomic E-state index is 0.0418. The van der Waals surface area contributed by atoms with Crippen LogP contribution >= 0.6 is 11.6 Å². The fraction of sp³-hybridized carbons (Fsp3) is 0.250. The normalized spacial score (nSPS) is 11.0. The van der Waals surface area contributed by atoms with Gasteiger partial charge in [-0.05, 0) is 57.0 Å². The number of halogens is 1. The molecule has 0 saturated carbocycles. The summed E-state index contributed by atoms with van der Waals surface area (Å²) in [7, 11) is 0. The van der Waals surface area contributed by atoms with E-state index in [9.17, 15) is 9.59 Å². The second kappa shape index (κ2) is 7.40. The van der Waals surface area contributed by atoms with Crippen molar-refractivity contribution in [2.75, 3.05) is 5.32 Å². The average molecular weight is 385 g/mol. The standard InChI is InChI=1S/C20H21ClN4O2/c1-11(2)22-20(27)18-23-17(15-7-5-6-8-25(15)18)19(26)24-16-13(4)9-12(3)10-14(16)21/h5-11H,1-4H3,(H,22,27)(H,24,26). The Morgan fingerprint density at radius 1 is 1.15 bits per heavy atom. The smallest absolute Gasteiger partial charge is 0.287 e. The molecular weight excluding hydrogens is 364 g/mol. The summed E-state index contributed by atoms with van der Waals surface area (Å²) < 4.78 is 1.61. The molecule has 3 aromatic rings. The molecule has 0 unspecified atom stereocenters. The van der Waals surface area contributed by atoms with Gasteiger partial charge < -0.3 is 10.6 Å². The van der Waals surface area contributed by atoms with Gasteiger partial charge in [-0.3, -0.25) is 14.0 Å². The van der Waals surface area contributed by atoms with Crippen LogP contribution in [0.1, 0.15) is 46.1 Å². The number of carbonyl (C=O) groups is 2. The summed E-state index contributed by atoms with van der Waals surface area (Å²) in [5.74, 6) is -0.595. The molecule has 0 aliphatic heterocycles. The van der Waals surface area contributed by atoms with Crippen molar-refractivity contribution in [1.29, 1.82) is 0 Å². The maximum Gasteiger partial charge on any atom is 0.287 e. The summed E-state index contributed by atoms with van der Waals surface area (Å²) in [6, 6.07) is 9.01. The minimum atomic E-state index is -0.420. The van der Waals surface area contributed by atoms with Gasteiger partial charge in [-0.1, -0.05) is 23.7 Å². The zero-order valence-electron chi connectivity index (χ0n) is 15.6. The number of anilines is 1. The zero-order valence-corrected chi connectivity index (χ0v) is 16.4. The Morgan fingerprint density at radius 3 is 2.56 bits per heavy atom. The second-order valence-electron chi connectivity index (χ2n) is 6.76. The molecule has 140 valence electrons. The molecule has 0 saturated heterocycles. The highest BCUT2D eigenvalue weighted by atomic mass is 35.5. The van der Waals surface area contributed by atoms with E-state index in [4.69, 9.17) is 11.6 Å². The van der Waals surface area contributed by atoms with Crippen LogP contribution in [0.3, 0.4) is 0 Å². The van der Waals surface area contributed by atoms with E-state index in [0.717, 1.165) is 11.1 Å². The van der Waals surface area contributed by atoms with Crippen molar-refractivity contribution < 1.29 is 9.59 Å². The molecule has 2 N–H and O–H groups in total. The number of nitrogens with zero attached hydrogens (tertiary/aromatic N) is 2. The van der Waals surface area contributed by atoms with E-state index in [0.29, 0.717) is 16.2 Å². The lowest BCUT2D eigenvalue weighted by atomic mass is 10.1.